The van der Waals surface area contributed by atoms with Gasteiger partial charge in [0.15, 0.2) is 11.5 Å². The van der Waals surface area contributed by atoms with Gasteiger partial charge < -0.3 is 4.74 Å². The molecule has 0 aliphatic carbocycles. The van der Waals surface area contributed by atoms with Crippen molar-refractivity contribution in [1.29, 1.82) is 0 Å². The number of pyridine rings is 1. The molecule has 0 saturated carbocycles. The highest BCUT2D eigenvalue weighted by Gasteiger charge is 2.13. The lowest BCUT2D eigenvalue weighted by molar-refractivity contribution is 0.416. The minimum Gasteiger partial charge on any atom is -0.496 e. The standard InChI is InChI=1S/C17H13N3O/c1-21-15-9-5-4-8-14(15)17-19-18-16-13-7-3-2-6-12(13)10-11-20(16)17/h2-11H,1H3. The Balaban J connectivity index is 2.05. The smallest absolute Gasteiger partial charge is 0.172 e. The number of nitrogens with zero attached hydrogens (tertiary/aromatic N) is 3. The zero-order chi connectivity index (χ0) is 14.2. The Morgan fingerprint density at radius 1 is 0.905 bits per heavy atom. The van der Waals surface area contributed by atoms with Gasteiger partial charge >= 0.3 is 0 Å². The molecule has 21 heavy (non-hydrogen) atoms. The number of fused-ring (bicyclic) bond motifs is 3. The molecule has 4 nitrogen and oxygen atoms in total. The summed E-state index contributed by atoms with van der Waals surface area (Å²) in [7, 11) is 1.66. The predicted molar refractivity (Wildman–Crippen MR) is 82.5 cm³/mol. The Kier molecular flexibility index (Phi) is 2.60. The van der Waals surface area contributed by atoms with Crippen LogP contribution in [-0.4, -0.2) is 21.7 Å². The van der Waals surface area contributed by atoms with E-state index in [4.69, 9.17) is 4.74 Å². The molecule has 0 fully saturated rings. The number of para-hydroxylation sites is 1. The Morgan fingerprint density at radius 2 is 1.71 bits per heavy atom. The van der Waals surface area contributed by atoms with E-state index in [1.807, 2.05) is 47.0 Å². The molecule has 0 aliphatic heterocycles. The average Bonchev–Trinajstić information content (AvgIpc) is 2.99. The first-order valence-corrected chi connectivity index (χ1v) is 6.74. The van der Waals surface area contributed by atoms with E-state index in [2.05, 4.69) is 28.4 Å². The molecule has 4 rings (SSSR count). The average molecular weight is 275 g/mol. The number of rotatable bonds is 2. The van der Waals surface area contributed by atoms with Crippen molar-refractivity contribution < 1.29 is 4.74 Å². The molecule has 0 unspecified atom stereocenters. The van der Waals surface area contributed by atoms with E-state index in [1.54, 1.807) is 7.11 Å². The number of methoxy groups -OCH3 is 1. The van der Waals surface area contributed by atoms with Gasteiger partial charge in [0.05, 0.1) is 12.7 Å². The van der Waals surface area contributed by atoms with Crippen molar-refractivity contribution in [3.8, 4) is 17.1 Å². The molecule has 2 aromatic heterocycles. The molecule has 2 heterocycles. The first kappa shape index (κ1) is 11.9. The maximum Gasteiger partial charge on any atom is 0.172 e. The molecule has 0 atom stereocenters. The van der Waals surface area contributed by atoms with Crippen molar-refractivity contribution in [3.05, 3.63) is 60.8 Å². The van der Waals surface area contributed by atoms with Crippen molar-refractivity contribution in [2.45, 2.75) is 0 Å². The third-order valence-electron chi connectivity index (χ3n) is 3.65. The Bertz CT molecular complexity index is 943. The minimum atomic E-state index is 0.785. The van der Waals surface area contributed by atoms with Gasteiger partial charge in [-0.25, -0.2) is 0 Å². The van der Waals surface area contributed by atoms with Crippen molar-refractivity contribution in [2.75, 3.05) is 7.11 Å². The van der Waals surface area contributed by atoms with Crippen molar-refractivity contribution in [1.82, 2.24) is 14.6 Å². The van der Waals surface area contributed by atoms with E-state index in [0.717, 1.165) is 33.6 Å². The summed E-state index contributed by atoms with van der Waals surface area (Å²) in [5, 5.41) is 11.0. The molecular formula is C17H13N3O. The van der Waals surface area contributed by atoms with Crippen LogP contribution in [0, 0.1) is 0 Å². The number of ether oxygens (including phenoxy) is 1. The zero-order valence-electron chi connectivity index (χ0n) is 11.5. The fourth-order valence-electron chi connectivity index (χ4n) is 2.63. The monoisotopic (exact) mass is 275 g/mol. The summed E-state index contributed by atoms with van der Waals surface area (Å²) in [5.74, 6) is 1.58. The number of benzene rings is 2. The molecule has 0 N–H and O–H groups in total. The molecule has 4 aromatic rings. The fraction of sp³-hybridized carbons (Fsp3) is 0.0588. The van der Waals surface area contributed by atoms with Crippen LogP contribution in [-0.2, 0) is 0 Å². The van der Waals surface area contributed by atoms with Crippen LogP contribution < -0.4 is 4.74 Å². The van der Waals surface area contributed by atoms with E-state index >= 15 is 0 Å². The van der Waals surface area contributed by atoms with Crippen LogP contribution in [0.4, 0.5) is 0 Å². The summed E-state index contributed by atoms with van der Waals surface area (Å²) in [6.45, 7) is 0. The van der Waals surface area contributed by atoms with Crippen LogP contribution in [0.15, 0.2) is 60.8 Å². The Hall–Kier alpha value is -2.88. The molecule has 0 amide bonds. The van der Waals surface area contributed by atoms with Crippen LogP contribution in [0.2, 0.25) is 0 Å². The Morgan fingerprint density at radius 3 is 2.62 bits per heavy atom. The third kappa shape index (κ3) is 1.76. The van der Waals surface area contributed by atoms with Gasteiger partial charge in [0, 0.05) is 11.6 Å². The quantitative estimate of drug-likeness (QED) is 0.561. The van der Waals surface area contributed by atoms with Gasteiger partial charge in [-0.1, -0.05) is 36.4 Å². The number of aromatic nitrogens is 3. The molecule has 2 aromatic carbocycles. The maximum absolute atomic E-state index is 5.42. The molecule has 0 bridgehead atoms. The summed E-state index contributed by atoms with van der Waals surface area (Å²) < 4.78 is 7.42. The van der Waals surface area contributed by atoms with Crippen molar-refractivity contribution in [2.24, 2.45) is 0 Å². The summed E-state index contributed by atoms with van der Waals surface area (Å²) in [6, 6.07) is 18.1. The first-order valence-electron chi connectivity index (χ1n) is 6.74. The summed E-state index contributed by atoms with van der Waals surface area (Å²) >= 11 is 0. The van der Waals surface area contributed by atoms with E-state index in [9.17, 15) is 0 Å². The topological polar surface area (TPSA) is 39.4 Å². The second-order valence-corrected chi connectivity index (χ2v) is 4.82. The molecule has 0 spiro atoms. The lowest BCUT2D eigenvalue weighted by Gasteiger charge is -2.07. The van der Waals surface area contributed by atoms with Crippen LogP contribution >= 0.6 is 0 Å². The lowest BCUT2D eigenvalue weighted by Crippen LogP contribution is -1.93. The number of hydrogen-bond acceptors (Lipinski definition) is 3. The first-order chi connectivity index (χ1) is 10.4. The van der Waals surface area contributed by atoms with Crippen LogP contribution in [0.3, 0.4) is 0 Å². The highest BCUT2D eigenvalue weighted by Crippen LogP contribution is 2.30. The van der Waals surface area contributed by atoms with Gasteiger partial charge in [0.1, 0.15) is 5.75 Å². The SMILES string of the molecule is COc1ccccc1-c1nnc2c3ccccc3ccn12. The van der Waals surface area contributed by atoms with Gasteiger partial charge in [-0.2, -0.15) is 0 Å². The largest absolute Gasteiger partial charge is 0.496 e. The van der Waals surface area contributed by atoms with E-state index < -0.39 is 0 Å². The third-order valence-corrected chi connectivity index (χ3v) is 3.65. The summed E-state index contributed by atoms with van der Waals surface area (Å²) in [4.78, 5) is 0. The molecular weight excluding hydrogens is 262 g/mol. The van der Waals surface area contributed by atoms with E-state index in [1.165, 1.54) is 0 Å². The second kappa shape index (κ2) is 4.59. The normalized spacial score (nSPS) is 11.1. The fourth-order valence-corrected chi connectivity index (χ4v) is 2.63. The molecule has 0 radical (unpaired) electrons. The minimum absolute atomic E-state index is 0.785. The van der Waals surface area contributed by atoms with Crippen molar-refractivity contribution in [3.63, 3.8) is 0 Å². The summed E-state index contributed by atoms with van der Waals surface area (Å²) in [5.41, 5.74) is 1.79. The molecule has 0 saturated heterocycles. The van der Waals surface area contributed by atoms with E-state index in [-0.39, 0.29) is 0 Å². The van der Waals surface area contributed by atoms with Crippen LogP contribution in [0.1, 0.15) is 0 Å². The van der Waals surface area contributed by atoms with Gasteiger partial charge in [-0.15, -0.1) is 10.2 Å². The summed E-state index contributed by atoms with van der Waals surface area (Å²) in [6.07, 6.45) is 2.00. The zero-order valence-corrected chi connectivity index (χ0v) is 11.5. The van der Waals surface area contributed by atoms with Crippen LogP contribution in [0.25, 0.3) is 27.8 Å². The highest BCUT2D eigenvalue weighted by atomic mass is 16.5. The van der Waals surface area contributed by atoms with E-state index in [0.29, 0.717) is 0 Å². The molecule has 102 valence electrons. The highest BCUT2D eigenvalue weighted by molar-refractivity contribution is 5.94. The van der Waals surface area contributed by atoms with Gasteiger partial charge in [-0.3, -0.25) is 4.40 Å². The lowest BCUT2D eigenvalue weighted by atomic mass is 10.1. The maximum atomic E-state index is 5.42. The van der Waals surface area contributed by atoms with Gasteiger partial charge in [0.25, 0.3) is 0 Å². The molecule has 4 heteroatoms. The van der Waals surface area contributed by atoms with Gasteiger partial charge in [0.2, 0.25) is 0 Å². The van der Waals surface area contributed by atoms with Crippen molar-refractivity contribution >= 4 is 16.4 Å². The van der Waals surface area contributed by atoms with Gasteiger partial charge in [-0.05, 0) is 23.6 Å². The Labute approximate surface area is 121 Å². The molecule has 0 aliphatic rings. The number of hydrogen-bond donors (Lipinski definition) is 0. The van der Waals surface area contributed by atoms with Crippen LogP contribution in [0.5, 0.6) is 5.75 Å². The predicted octanol–water partition coefficient (Wildman–Crippen LogP) is 3.56. The second-order valence-electron chi connectivity index (χ2n) is 4.82.